The maximum absolute atomic E-state index is 12.9. The summed E-state index contributed by atoms with van der Waals surface area (Å²) >= 11 is 0.951. The van der Waals surface area contributed by atoms with E-state index < -0.39 is 16.0 Å². The number of hydrogen-bond acceptors (Lipinski definition) is 4. The summed E-state index contributed by atoms with van der Waals surface area (Å²) in [4.78, 5) is 11.3. The van der Waals surface area contributed by atoms with Crippen LogP contribution in [0.2, 0.25) is 0 Å². The minimum atomic E-state index is -3.74. The van der Waals surface area contributed by atoms with E-state index in [1.54, 1.807) is 13.0 Å². The first kappa shape index (κ1) is 15.1. The van der Waals surface area contributed by atoms with E-state index in [0.29, 0.717) is 17.8 Å². The van der Waals surface area contributed by atoms with Gasteiger partial charge in [0, 0.05) is 11.9 Å². The molecule has 1 aromatic heterocycles. The van der Waals surface area contributed by atoms with E-state index >= 15 is 0 Å². The maximum Gasteiger partial charge on any atom is 0.346 e. The molecule has 0 aliphatic carbocycles. The lowest BCUT2D eigenvalue weighted by Gasteiger charge is -2.30. The van der Waals surface area contributed by atoms with Crippen LogP contribution >= 0.6 is 11.3 Å². The molecule has 0 radical (unpaired) electrons. The Morgan fingerprint density at radius 2 is 2.05 bits per heavy atom. The van der Waals surface area contributed by atoms with E-state index in [1.165, 1.54) is 9.69 Å². The highest BCUT2D eigenvalue weighted by molar-refractivity contribution is 7.93. The number of carboxylic acids is 1. The second kappa shape index (κ2) is 5.40. The predicted octanol–water partition coefficient (Wildman–Crippen LogP) is 2.90. The van der Waals surface area contributed by atoms with Crippen molar-refractivity contribution in [2.45, 2.75) is 24.7 Å². The first-order valence-corrected chi connectivity index (χ1v) is 9.17. The number of fused-ring (bicyclic) bond motifs is 1. The molecule has 7 heteroatoms. The fraction of sp³-hybridized carbons (Fsp3) is 0.267. The van der Waals surface area contributed by atoms with E-state index in [1.807, 2.05) is 18.2 Å². The molecule has 22 heavy (non-hydrogen) atoms. The molecule has 0 spiro atoms. The number of anilines is 1. The average Bonchev–Trinajstić information content (AvgIpc) is 2.89. The first-order chi connectivity index (χ1) is 10.4. The highest BCUT2D eigenvalue weighted by Crippen LogP contribution is 2.35. The molecule has 0 saturated heterocycles. The average molecular weight is 337 g/mol. The van der Waals surface area contributed by atoms with Gasteiger partial charge in [-0.05, 0) is 37.0 Å². The SMILES string of the molecule is Cc1c(S(=O)(=O)N2CCCc3ccccc32)csc1C(=O)O. The lowest BCUT2D eigenvalue weighted by atomic mass is 10.0. The lowest BCUT2D eigenvalue weighted by Crippen LogP contribution is -2.35. The zero-order chi connectivity index (χ0) is 15.9. The van der Waals surface area contributed by atoms with Gasteiger partial charge in [0.2, 0.25) is 0 Å². The Hall–Kier alpha value is -1.86. The van der Waals surface area contributed by atoms with Crippen molar-refractivity contribution >= 4 is 33.0 Å². The third-order valence-electron chi connectivity index (χ3n) is 3.82. The van der Waals surface area contributed by atoms with E-state index in [0.717, 1.165) is 29.7 Å². The van der Waals surface area contributed by atoms with Crippen molar-refractivity contribution in [1.29, 1.82) is 0 Å². The summed E-state index contributed by atoms with van der Waals surface area (Å²) in [5.41, 5.74) is 2.00. The van der Waals surface area contributed by atoms with Crippen LogP contribution < -0.4 is 4.31 Å². The van der Waals surface area contributed by atoms with Gasteiger partial charge in [0.25, 0.3) is 10.0 Å². The second-order valence-corrected chi connectivity index (χ2v) is 7.88. The Kier molecular flexibility index (Phi) is 3.70. The van der Waals surface area contributed by atoms with Crippen LogP contribution in [0, 0.1) is 6.92 Å². The normalized spacial score (nSPS) is 14.7. The molecule has 1 aliphatic heterocycles. The van der Waals surface area contributed by atoms with Crippen LogP contribution in [-0.4, -0.2) is 26.0 Å². The highest BCUT2D eigenvalue weighted by atomic mass is 32.2. The van der Waals surface area contributed by atoms with Gasteiger partial charge < -0.3 is 5.11 Å². The summed E-state index contributed by atoms with van der Waals surface area (Å²) in [5, 5.41) is 10.5. The molecule has 3 rings (SSSR count). The van der Waals surface area contributed by atoms with Crippen LogP contribution in [0.4, 0.5) is 5.69 Å². The summed E-state index contributed by atoms with van der Waals surface area (Å²) in [6.45, 7) is 1.96. The largest absolute Gasteiger partial charge is 0.477 e. The summed E-state index contributed by atoms with van der Waals surface area (Å²) in [6.07, 6.45) is 1.61. The number of sulfonamides is 1. The van der Waals surface area contributed by atoms with Crippen LogP contribution in [0.25, 0.3) is 0 Å². The molecule has 1 N–H and O–H groups in total. The molecule has 0 bridgehead atoms. The van der Waals surface area contributed by atoms with Gasteiger partial charge in [-0.2, -0.15) is 0 Å². The third kappa shape index (κ3) is 2.30. The van der Waals surface area contributed by atoms with Gasteiger partial charge in [-0.1, -0.05) is 18.2 Å². The van der Waals surface area contributed by atoms with Crippen LogP contribution in [0.15, 0.2) is 34.5 Å². The third-order valence-corrected chi connectivity index (χ3v) is 6.98. The van der Waals surface area contributed by atoms with E-state index in [2.05, 4.69) is 0 Å². The topological polar surface area (TPSA) is 74.7 Å². The molecule has 0 saturated carbocycles. The number of aromatic carboxylic acids is 1. The molecular weight excluding hydrogens is 322 g/mol. The van der Waals surface area contributed by atoms with Crippen molar-refractivity contribution in [3.63, 3.8) is 0 Å². The Labute approximate surface area is 132 Å². The van der Waals surface area contributed by atoms with Gasteiger partial charge in [0.05, 0.1) is 5.69 Å². The smallest absolute Gasteiger partial charge is 0.346 e. The van der Waals surface area contributed by atoms with Crippen LogP contribution in [0.1, 0.15) is 27.2 Å². The van der Waals surface area contributed by atoms with Crippen LogP contribution in [0.5, 0.6) is 0 Å². The monoisotopic (exact) mass is 337 g/mol. The molecule has 2 aromatic rings. The number of benzene rings is 1. The molecule has 0 amide bonds. The quantitative estimate of drug-likeness (QED) is 0.934. The number of nitrogens with zero attached hydrogens (tertiary/aromatic N) is 1. The van der Waals surface area contributed by atoms with Gasteiger partial charge in [0.15, 0.2) is 0 Å². The summed E-state index contributed by atoms with van der Waals surface area (Å²) in [7, 11) is -3.74. The number of carboxylic acid groups (broad SMARTS) is 1. The Bertz CT molecular complexity index is 839. The molecule has 0 fully saturated rings. The summed E-state index contributed by atoms with van der Waals surface area (Å²) in [5.74, 6) is -1.09. The summed E-state index contributed by atoms with van der Waals surface area (Å²) in [6, 6.07) is 7.44. The second-order valence-electron chi connectivity index (χ2n) is 5.17. The van der Waals surface area contributed by atoms with Crippen LogP contribution in [-0.2, 0) is 16.4 Å². The minimum absolute atomic E-state index is 0.0730. The maximum atomic E-state index is 12.9. The van der Waals surface area contributed by atoms with Crippen molar-refractivity contribution in [1.82, 2.24) is 0 Å². The van der Waals surface area contributed by atoms with Gasteiger partial charge in [0.1, 0.15) is 9.77 Å². The first-order valence-electron chi connectivity index (χ1n) is 6.85. The van der Waals surface area contributed by atoms with Crippen molar-refractivity contribution in [3.05, 3.63) is 45.6 Å². The molecule has 1 aliphatic rings. The van der Waals surface area contributed by atoms with Gasteiger partial charge in [-0.25, -0.2) is 13.2 Å². The van der Waals surface area contributed by atoms with Crippen molar-refractivity contribution in [2.75, 3.05) is 10.8 Å². The van der Waals surface area contributed by atoms with E-state index in [9.17, 15) is 13.2 Å². The van der Waals surface area contributed by atoms with Crippen LogP contribution in [0.3, 0.4) is 0 Å². The number of aryl methyl sites for hydroxylation is 1. The lowest BCUT2D eigenvalue weighted by molar-refractivity contribution is 0.0701. The summed E-state index contributed by atoms with van der Waals surface area (Å²) < 4.78 is 27.3. The Morgan fingerprint density at radius 3 is 2.73 bits per heavy atom. The zero-order valence-electron chi connectivity index (χ0n) is 11.9. The molecule has 0 atom stereocenters. The van der Waals surface area contributed by atoms with Gasteiger partial charge in [-0.3, -0.25) is 4.31 Å². The van der Waals surface area contributed by atoms with Crippen molar-refractivity contribution < 1.29 is 18.3 Å². The number of rotatable bonds is 3. The predicted molar refractivity (Wildman–Crippen MR) is 85.3 cm³/mol. The van der Waals surface area contributed by atoms with E-state index in [4.69, 9.17) is 5.11 Å². The Morgan fingerprint density at radius 1 is 1.32 bits per heavy atom. The molecule has 0 unspecified atom stereocenters. The van der Waals surface area contributed by atoms with Gasteiger partial charge >= 0.3 is 5.97 Å². The Balaban J connectivity index is 2.11. The fourth-order valence-electron chi connectivity index (χ4n) is 2.73. The fourth-order valence-corrected chi connectivity index (χ4v) is 5.75. The van der Waals surface area contributed by atoms with E-state index in [-0.39, 0.29) is 9.77 Å². The van der Waals surface area contributed by atoms with Crippen molar-refractivity contribution in [2.24, 2.45) is 0 Å². The number of thiophene rings is 1. The molecular formula is C15H15NO4S2. The van der Waals surface area contributed by atoms with Crippen molar-refractivity contribution in [3.8, 4) is 0 Å². The van der Waals surface area contributed by atoms with Gasteiger partial charge in [-0.15, -0.1) is 11.3 Å². The highest BCUT2D eigenvalue weighted by Gasteiger charge is 2.32. The number of para-hydroxylation sites is 1. The molecule has 116 valence electrons. The minimum Gasteiger partial charge on any atom is -0.477 e. The number of carbonyl (C=O) groups is 1. The molecule has 2 heterocycles. The standard InChI is InChI=1S/C15H15NO4S2/c1-10-13(9-21-14(10)15(17)18)22(19,20)16-8-4-6-11-5-2-3-7-12(11)16/h2-3,5,7,9H,4,6,8H2,1H3,(H,17,18). The number of hydrogen-bond donors (Lipinski definition) is 1. The molecule has 1 aromatic carbocycles. The molecule has 5 nitrogen and oxygen atoms in total. The zero-order valence-corrected chi connectivity index (χ0v) is 13.6.